The first-order valence-corrected chi connectivity index (χ1v) is 4.92. The van der Waals surface area contributed by atoms with Gasteiger partial charge in [0, 0.05) is 0 Å². The summed E-state index contributed by atoms with van der Waals surface area (Å²) in [5.74, 6) is 0. The largest absolute Gasteiger partial charge is 0.450 e. The molecule has 4 heteroatoms. The van der Waals surface area contributed by atoms with E-state index < -0.39 is 5.72 Å². The quantitative estimate of drug-likeness (QED) is 0.651. The highest BCUT2D eigenvalue weighted by atomic mass is 16.6. The van der Waals surface area contributed by atoms with E-state index >= 15 is 0 Å². The van der Waals surface area contributed by atoms with Gasteiger partial charge in [-0.25, -0.2) is 4.79 Å². The fourth-order valence-corrected chi connectivity index (χ4v) is 1.87. The van der Waals surface area contributed by atoms with Crippen LogP contribution in [0.15, 0.2) is 0 Å². The van der Waals surface area contributed by atoms with Crippen molar-refractivity contribution >= 4 is 6.09 Å². The molecule has 1 aliphatic heterocycles. The van der Waals surface area contributed by atoms with Crippen molar-refractivity contribution in [2.45, 2.75) is 45.9 Å². The van der Waals surface area contributed by atoms with Gasteiger partial charge in [-0.2, -0.15) is 0 Å². The number of carbonyl (C=O) groups is 1. The van der Waals surface area contributed by atoms with E-state index in [9.17, 15) is 4.79 Å². The van der Waals surface area contributed by atoms with Crippen molar-refractivity contribution in [3.63, 3.8) is 0 Å². The molecule has 0 aromatic heterocycles. The maximum atomic E-state index is 11.7. The molecule has 1 amide bonds. The van der Waals surface area contributed by atoms with Gasteiger partial charge in [0.05, 0.1) is 18.8 Å². The molecular weight excluding hydrogens is 182 g/mol. The minimum absolute atomic E-state index is 0.296. The molecule has 1 aliphatic rings. The molecule has 0 aliphatic carbocycles. The predicted molar refractivity (Wildman–Crippen MR) is 53.0 cm³/mol. The van der Waals surface area contributed by atoms with Crippen molar-refractivity contribution in [3.05, 3.63) is 0 Å². The summed E-state index contributed by atoms with van der Waals surface area (Å²) in [5, 5.41) is 0. The van der Waals surface area contributed by atoms with Gasteiger partial charge in [0.15, 0.2) is 0 Å². The molecule has 0 spiro atoms. The monoisotopic (exact) mass is 201 g/mol. The second-order valence-electron chi connectivity index (χ2n) is 4.58. The molecule has 14 heavy (non-hydrogen) atoms. The van der Waals surface area contributed by atoms with Crippen LogP contribution in [0.25, 0.3) is 0 Å². The Labute approximate surface area is 85.2 Å². The molecule has 0 aromatic rings. The molecule has 0 bridgehead atoms. The number of nitrogens with zero attached hydrogens (tertiary/aromatic N) is 1. The summed E-state index contributed by atoms with van der Waals surface area (Å²) in [6.07, 6.45) is -0.306. The molecule has 1 heterocycles. The summed E-state index contributed by atoms with van der Waals surface area (Å²) < 4.78 is 10.6. The number of amides is 1. The van der Waals surface area contributed by atoms with Gasteiger partial charge in [-0.3, -0.25) is 4.90 Å². The fourth-order valence-electron chi connectivity index (χ4n) is 1.87. The van der Waals surface area contributed by atoms with Crippen LogP contribution in [0, 0.1) is 0 Å². The van der Waals surface area contributed by atoms with Crippen LogP contribution in [0.2, 0.25) is 0 Å². The van der Waals surface area contributed by atoms with Crippen molar-refractivity contribution in [1.82, 2.24) is 4.90 Å². The highest BCUT2D eigenvalue weighted by Crippen LogP contribution is 2.34. The second-order valence-corrected chi connectivity index (χ2v) is 4.58. The second kappa shape index (κ2) is 3.42. The Balaban J connectivity index is 2.86. The van der Waals surface area contributed by atoms with E-state index in [1.54, 1.807) is 11.8 Å². The molecule has 4 nitrogen and oxygen atoms in total. The number of carbonyl (C=O) groups excluding carboxylic acids is 1. The average Bonchev–Trinajstić information content (AvgIpc) is 2.21. The molecule has 82 valence electrons. The van der Waals surface area contributed by atoms with E-state index in [4.69, 9.17) is 9.47 Å². The van der Waals surface area contributed by atoms with Crippen LogP contribution in [-0.4, -0.2) is 35.5 Å². The van der Waals surface area contributed by atoms with Crippen molar-refractivity contribution < 1.29 is 14.3 Å². The molecule has 0 saturated carbocycles. The first-order chi connectivity index (χ1) is 6.31. The average molecular weight is 201 g/mol. The summed E-state index contributed by atoms with van der Waals surface area (Å²) in [5.41, 5.74) is -0.870. The molecule has 0 radical (unpaired) electrons. The lowest BCUT2D eigenvalue weighted by atomic mass is 10.0. The third-order valence-corrected chi connectivity index (χ3v) is 2.37. The van der Waals surface area contributed by atoms with Crippen molar-refractivity contribution in [3.8, 4) is 0 Å². The van der Waals surface area contributed by atoms with Crippen molar-refractivity contribution in [2.75, 3.05) is 13.2 Å². The van der Waals surface area contributed by atoms with Crippen molar-refractivity contribution in [1.29, 1.82) is 0 Å². The number of hydrogen-bond donors (Lipinski definition) is 0. The standard InChI is InChI=1S/C10H19NO3/c1-6-13-8(12)11-9(2,3)7-14-10(11,4)5/h6-7H2,1-5H3. The molecule has 0 aromatic carbocycles. The van der Waals surface area contributed by atoms with E-state index in [0.29, 0.717) is 13.2 Å². The van der Waals surface area contributed by atoms with Crippen LogP contribution in [0.1, 0.15) is 34.6 Å². The summed E-state index contributed by atoms with van der Waals surface area (Å²) in [6.45, 7) is 10.4. The van der Waals surface area contributed by atoms with Gasteiger partial charge in [0.25, 0.3) is 0 Å². The molecule has 0 unspecified atom stereocenters. The summed E-state index contributed by atoms with van der Waals surface area (Å²) >= 11 is 0. The molecule has 1 saturated heterocycles. The van der Waals surface area contributed by atoms with Gasteiger partial charge >= 0.3 is 6.09 Å². The Hall–Kier alpha value is -0.770. The van der Waals surface area contributed by atoms with Gasteiger partial charge in [0.2, 0.25) is 0 Å². The van der Waals surface area contributed by atoms with Gasteiger partial charge in [-0.1, -0.05) is 0 Å². The van der Waals surface area contributed by atoms with Crippen LogP contribution >= 0.6 is 0 Å². The fraction of sp³-hybridized carbons (Fsp3) is 0.900. The molecule has 0 N–H and O–H groups in total. The number of ether oxygens (including phenoxy) is 2. The first-order valence-electron chi connectivity index (χ1n) is 4.92. The normalized spacial score (nSPS) is 23.6. The third-order valence-electron chi connectivity index (χ3n) is 2.37. The zero-order chi connectivity index (χ0) is 11.0. The van der Waals surface area contributed by atoms with Crippen LogP contribution < -0.4 is 0 Å². The highest BCUT2D eigenvalue weighted by molar-refractivity contribution is 5.69. The van der Waals surface area contributed by atoms with Crippen LogP contribution in [0.4, 0.5) is 4.79 Å². The van der Waals surface area contributed by atoms with Crippen LogP contribution in [-0.2, 0) is 9.47 Å². The van der Waals surface area contributed by atoms with Gasteiger partial charge in [0.1, 0.15) is 5.72 Å². The van der Waals surface area contributed by atoms with E-state index in [1.165, 1.54) is 0 Å². The Bertz CT molecular complexity index is 220. The minimum Gasteiger partial charge on any atom is -0.450 e. The van der Waals surface area contributed by atoms with Gasteiger partial charge in [-0.05, 0) is 34.6 Å². The zero-order valence-corrected chi connectivity index (χ0v) is 9.59. The zero-order valence-electron chi connectivity index (χ0n) is 9.59. The Kier molecular flexibility index (Phi) is 2.76. The maximum Gasteiger partial charge on any atom is 0.412 e. The molecular formula is C10H19NO3. The number of rotatable bonds is 1. The maximum absolute atomic E-state index is 11.7. The van der Waals surface area contributed by atoms with Gasteiger partial charge < -0.3 is 9.47 Å². The van der Waals surface area contributed by atoms with Crippen molar-refractivity contribution in [2.24, 2.45) is 0 Å². The first kappa shape index (κ1) is 11.3. The Morgan fingerprint density at radius 2 is 2.00 bits per heavy atom. The lowest BCUT2D eigenvalue weighted by Crippen LogP contribution is -2.52. The van der Waals surface area contributed by atoms with Crippen LogP contribution in [0.5, 0.6) is 0 Å². The molecule has 1 fully saturated rings. The van der Waals surface area contributed by atoms with Crippen LogP contribution in [0.3, 0.4) is 0 Å². The smallest absolute Gasteiger partial charge is 0.412 e. The summed E-state index contributed by atoms with van der Waals surface area (Å²) in [6, 6.07) is 0. The van der Waals surface area contributed by atoms with Gasteiger partial charge in [-0.15, -0.1) is 0 Å². The predicted octanol–water partition coefficient (Wildman–Crippen LogP) is 1.99. The lowest BCUT2D eigenvalue weighted by Gasteiger charge is -2.36. The summed E-state index contributed by atoms with van der Waals surface area (Å²) in [4.78, 5) is 13.4. The highest BCUT2D eigenvalue weighted by Gasteiger charge is 2.49. The van der Waals surface area contributed by atoms with E-state index in [1.807, 2.05) is 27.7 Å². The number of hydrogen-bond acceptors (Lipinski definition) is 3. The molecule has 1 rings (SSSR count). The topological polar surface area (TPSA) is 38.8 Å². The SMILES string of the molecule is CCOC(=O)N1C(C)(C)COC1(C)C. The van der Waals surface area contributed by atoms with E-state index in [-0.39, 0.29) is 11.6 Å². The minimum atomic E-state index is -0.574. The molecule has 0 atom stereocenters. The van der Waals surface area contributed by atoms with E-state index in [0.717, 1.165) is 0 Å². The van der Waals surface area contributed by atoms with E-state index in [2.05, 4.69) is 0 Å². The Morgan fingerprint density at radius 1 is 1.43 bits per heavy atom. The third kappa shape index (κ3) is 1.85. The summed E-state index contributed by atoms with van der Waals surface area (Å²) in [7, 11) is 0. The Morgan fingerprint density at radius 3 is 2.36 bits per heavy atom. The lowest BCUT2D eigenvalue weighted by molar-refractivity contribution is -0.0510.